The highest BCUT2D eigenvalue weighted by Gasteiger charge is 2.30. The molecule has 2 amide bonds. The normalized spacial score (nSPS) is 22.2. The number of halogens is 1. The predicted molar refractivity (Wildman–Crippen MR) is 129 cm³/mol. The summed E-state index contributed by atoms with van der Waals surface area (Å²) in [6.07, 6.45) is 3.86. The van der Waals surface area contributed by atoms with Gasteiger partial charge in [0.2, 0.25) is 0 Å². The van der Waals surface area contributed by atoms with Crippen molar-refractivity contribution in [1.29, 1.82) is 0 Å². The highest BCUT2D eigenvalue weighted by atomic mass is 19.1. The lowest BCUT2D eigenvalue weighted by Gasteiger charge is -2.37. The van der Waals surface area contributed by atoms with E-state index in [2.05, 4.69) is 15.2 Å². The summed E-state index contributed by atoms with van der Waals surface area (Å²) in [5, 5.41) is 2.77. The maximum absolute atomic E-state index is 13.8. The summed E-state index contributed by atoms with van der Waals surface area (Å²) in [4.78, 5) is 33.8. The minimum absolute atomic E-state index is 0.0323. The molecule has 180 valence electrons. The number of ether oxygens (including phenoxy) is 1. The Kier molecular flexibility index (Phi) is 6.27. The van der Waals surface area contributed by atoms with E-state index >= 15 is 0 Å². The third-order valence-corrected chi connectivity index (χ3v) is 7.17. The fourth-order valence-corrected chi connectivity index (χ4v) is 5.39. The molecule has 0 spiro atoms. The molecule has 4 heterocycles. The second kappa shape index (κ2) is 9.35. The molecule has 5 rings (SSSR count). The first-order valence-electron chi connectivity index (χ1n) is 12.0. The van der Waals surface area contributed by atoms with Crippen molar-refractivity contribution < 1.29 is 18.7 Å². The number of nitrogens with zero attached hydrogens (tertiary/aromatic N) is 2. The van der Waals surface area contributed by atoms with E-state index < -0.39 is 5.82 Å². The first-order chi connectivity index (χ1) is 16.4. The topological polar surface area (TPSA) is 77.7 Å². The van der Waals surface area contributed by atoms with E-state index in [1.807, 2.05) is 18.7 Å². The molecule has 0 bridgehead atoms. The average Bonchev–Trinajstić information content (AvgIpc) is 3.29. The smallest absolute Gasteiger partial charge is 0.256 e. The molecule has 3 aliphatic heterocycles. The second-order valence-electron chi connectivity index (χ2n) is 9.54. The van der Waals surface area contributed by atoms with Gasteiger partial charge in [0.25, 0.3) is 11.8 Å². The van der Waals surface area contributed by atoms with Crippen molar-refractivity contribution in [1.82, 2.24) is 14.8 Å². The lowest BCUT2D eigenvalue weighted by molar-refractivity contribution is -0.110. The first-order valence-corrected chi connectivity index (χ1v) is 12.0. The molecule has 1 unspecified atom stereocenters. The molecule has 34 heavy (non-hydrogen) atoms. The van der Waals surface area contributed by atoms with Crippen molar-refractivity contribution in [3.05, 3.63) is 52.1 Å². The van der Waals surface area contributed by atoms with Gasteiger partial charge in [-0.2, -0.15) is 0 Å². The number of carbonyl (C=O) groups is 2. The van der Waals surface area contributed by atoms with Crippen LogP contribution in [0.15, 0.2) is 18.2 Å². The number of piperidine rings is 1. The number of benzene rings is 1. The molecule has 2 aromatic rings. The zero-order chi connectivity index (χ0) is 23.8. The van der Waals surface area contributed by atoms with Crippen molar-refractivity contribution in [2.75, 3.05) is 51.3 Å². The van der Waals surface area contributed by atoms with Crippen molar-refractivity contribution >= 4 is 29.2 Å². The van der Waals surface area contributed by atoms with Gasteiger partial charge in [-0.3, -0.25) is 14.5 Å². The standard InChI is InChI=1S/C26H31FN4O3/c1-16-23(13-21-20-12-19(27)5-6-22(20)29-25(21)32)28-17(2)24(16)26(33)31-7-3-4-18(15-31)14-30-8-10-34-11-9-30/h5-6,12-13,18,28H,3-4,7-11,14-15H2,1-2H3,(H,29,32). The largest absolute Gasteiger partial charge is 0.379 e. The van der Waals surface area contributed by atoms with E-state index in [0.29, 0.717) is 34.0 Å². The first kappa shape index (κ1) is 22.8. The van der Waals surface area contributed by atoms with Crippen molar-refractivity contribution in [2.24, 2.45) is 5.92 Å². The molecule has 0 radical (unpaired) electrons. The number of hydrogen-bond acceptors (Lipinski definition) is 4. The number of carbonyl (C=O) groups excluding carboxylic acids is 2. The molecule has 1 aromatic heterocycles. The minimum Gasteiger partial charge on any atom is -0.379 e. The summed E-state index contributed by atoms with van der Waals surface area (Å²) in [5.41, 5.74) is 4.47. The number of aromatic amines is 1. The maximum Gasteiger partial charge on any atom is 0.256 e. The number of hydrogen-bond donors (Lipinski definition) is 2. The van der Waals surface area contributed by atoms with E-state index in [0.717, 1.165) is 70.0 Å². The van der Waals surface area contributed by atoms with Gasteiger partial charge < -0.3 is 19.9 Å². The van der Waals surface area contributed by atoms with Crippen molar-refractivity contribution in [3.8, 4) is 0 Å². The highest BCUT2D eigenvalue weighted by molar-refractivity contribution is 6.34. The fraction of sp³-hybridized carbons (Fsp3) is 0.462. The second-order valence-corrected chi connectivity index (χ2v) is 9.54. The minimum atomic E-state index is -0.395. The van der Waals surface area contributed by atoms with Gasteiger partial charge in [-0.25, -0.2) is 4.39 Å². The van der Waals surface area contributed by atoms with Gasteiger partial charge in [-0.15, -0.1) is 0 Å². The van der Waals surface area contributed by atoms with Crippen LogP contribution in [0.4, 0.5) is 10.1 Å². The quantitative estimate of drug-likeness (QED) is 0.677. The Labute approximate surface area is 199 Å². The van der Waals surface area contributed by atoms with Crippen LogP contribution in [-0.2, 0) is 9.53 Å². The summed E-state index contributed by atoms with van der Waals surface area (Å²) in [5.74, 6) is -0.175. The summed E-state index contributed by atoms with van der Waals surface area (Å²) in [6, 6.07) is 4.25. The Bertz CT molecular complexity index is 1150. The van der Waals surface area contributed by atoms with Crippen LogP contribution in [0, 0.1) is 25.6 Å². The molecule has 2 fully saturated rings. The van der Waals surface area contributed by atoms with Gasteiger partial charge in [-0.05, 0) is 62.4 Å². The lowest BCUT2D eigenvalue weighted by atomic mass is 9.96. The number of aromatic nitrogens is 1. The van der Waals surface area contributed by atoms with Crippen LogP contribution >= 0.6 is 0 Å². The summed E-state index contributed by atoms with van der Waals surface area (Å²) >= 11 is 0. The maximum atomic E-state index is 13.8. The third kappa shape index (κ3) is 4.40. The number of aryl methyl sites for hydroxylation is 1. The van der Waals surface area contributed by atoms with Crippen molar-refractivity contribution in [3.63, 3.8) is 0 Å². The average molecular weight is 467 g/mol. The summed E-state index contributed by atoms with van der Waals surface area (Å²) < 4.78 is 19.3. The lowest BCUT2D eigenvalue weighted by Crippen LogP contribution is -2.46. The Balaban J connectivity index is 1.36. The van der Waals surface area contributed by atoms with E-state index in [-0.39, 0.29) is 11.8 Å². The van der Waals surface area contributed by atoms with Gasteiger partial charge in [-0.1, -0.05) is 0 Å². The number of likely N-dealkylation sites (tertiary alicyclic amines) is 1. The third-order valence-electron chi connectivity index (χ3n) is 7.17. The highest BCUT2D eigenvalue weighted by Crippen LogP contribution is 2.34. The monoisotopic (exact) mass is 466 g/mol. The van der Waals surface area contributed by atoms with Crippen LogP contribution in [0.1, 0.15) is 45.7 Å². The van der Waals surface area contributed by atoms with Crippen LogP contribution in [0.5, 0.6) is 0 Å². The zero-order valence-electron chi connectivity index (χ0n) is 19.7. The van der Waals surface area contributed by atoms with Crippen LogP contribution in [0.3, 0.4) is 0 Å². The molecule has 0 aliphatic carbocycles. The number of morpholine rings is 1. The van der Waals surface area contributed by atoms with Gasteiger partial charge in [0, 0.05) is 55.4 Å². The van der Waals surface area contributed by atoms with Gasteiger partial charge in [0.15, 0.2) is 0 Å². The van der Waals surface area contributed by atoms with E-state index in [9.17, 15) is 14.0 Å². The molecule has 1 atom stereocenters. The number of anilines is 1. The SMILES string of the molecule is Cc1[nH]c(C=C2C(=O)Nc3ccc(F)cc32)c(C)c1C(=O)N1CCCC(CN2CCOCC2)C1. The van der Waals surface area contributed by atoms with Crippen LogP contribution in [-0.4, -0.2) is 72.5 Å². The fourth-order valence-electron chi connectivity index (χ4n) is 5.39. The molecule has 3 aliphatic rings. The Morgan fingerprint density at radius 3 is 2.82 bits per heavy atom. The predicted octanol–water partition coefficient (Wildman–Crippen LogP) is 3.45. The van der Waals surface area contributed by atoms with E-state index in [1.54, 1.807) is 12.1 Å². The molecule has 0 saturated carbocycles. The molecular formula is C26H31FN4O3. The Hall–Kier alpha value is -2.97. The molecular weight excluding hydrogens is 435 g/mol. The number of H-pyrrole nitrogens is 1. The Morgan fingerprint density at radius 2 is 2.03 bits per heavy atom. The molecule has 2 N–H and O–H groups in total. The Morgan fingerprint density at radius 1 is 1.24 bits per heavy atom. The van der Waals surface area contributed by atoms with E-state index in [4.69, 9.17) is 4.74 Å². The number of fused-ring (bicyclic) bond motifs is 1. The van der Waals surface area contributed by atoms with Crippen molar-refractivity contribution in [2.45, 2.75) is 26.7 Å². The van der Waals surface area contributed by atoms with E-state index in [1.165, 1.54) is 12.1 Å². The van der Waals surface area contributed by atoms with Crippen LogP contribution in [0.25, 0.3) is 11.6 Å². The molecule has 2 saturated heterocycles. The molecule has 1 aromatic carbocycles. The number of nitrogens with one attached hydrogen (secondary N) is 2. The van der Waals surface area contributed by atoms with Gasteiger partial charge >= 0.3 is 0 Å². The number of amides is 2. The zero-order valence-corrected chi connectivity index (χ0v) is 19.7. The van der Waals surface area contributed by atoms with Gasteiger partial charge in [0.05, 0.1) is 24.4 Å². The molecule has 8 heteroatoms. The van der Waals surface area contributed by atoms with Gasteiger partial charge in [0.1, 0.15) is 5.82 Å². The summed E-state index contributed by atoms with van der Waals surface area (Å²) in [7, 11) is 0. The molecule has 7 nitrogen and oxygen atoms in total. The number of rotatable bonds is 4. The summed E-state index contributed by atoms with van der Waals surface area (Å²) in [6.45, 7) is 9.78. The van der Waals surface area contributed by atoms with Crippen LogP contribution < -0.4 is 5.32 Å². The van der Waals surface area contributed by atoms with Crippen LogP contribution in [0.2, 0.25) is 0 Å².